The van der Waals surface area contributed by atoms with Gasteiger partial charge in [-0.3, -0.25) is 0 Å². The molecule has 3 saturated carbocycles. The lowest BCUT2D eigenvalue weighted by Gasteiger charge is -2.46. The first-order valence-electron chi connectivity index (χ1n) is 9.38. The molecule has 0 aromatic heterocycles. The van der Waals surface area contributed by atoms with Crippen LogP contribution in [0.15, 0.2) is 9.98 Å². The molecule has 0 radical (unpaired) electrons. The number of aliphatic imine (C=N–C) groups is 2. The highest BCUT2D eigenvalue weighted by atomic mass is 16.1. The van der Waals surface area contributed by atoms with Gasteiger partial charge in [0.25, 0.3) is 0 Å². The van der Waals surface area contributed by atoms with E-state index < -0.39 is 5.66 Å². The van der Waals surface area contributed by atoms with Crippen molar-refractivity contribution in [3.63, 3.8) is 0 Å². The summed E-state index contributed by atoms with van der Waals surface area (Å²) in [4.78, 5) is 30.4. The lowest BCUT2D eigenvalue weighted by Crippen LogP contribution is -2.47. The van der Waals surface area contributed by atoms with Crippen LogP contribution in [0.3, 0.4) is 0 Å². The van der Waals surface area contributed by atoms with Gasteiger partial charge in [-0.15, -0.1) is 0 Å². The number of hydrogen-bond donors (Lipinski definition) is 0. The Bertz CT molecular complexity index is 505. The number of carbonyl (C=O) groups excluding carboxylic acids is 2. The Morgan fingerprint density at radius 1 is 0.609 bits per heavy atom. The minimum absolute atomic E-state index is 0.112. The molecular weight excluding hydrogens is 288 g/mol. The van der Waals surface area contributed by atoms with E-state index in [2.05, 4.69) is 9.98 Å². The largest absolute Gasteiger partial charge is 0.237 e. The molecule has 3 aliphatic carbocycles. The van der Waals surface area contributed by atoms with Gasteiger partial charge in [-0.25, -0.2) is 9.59 Å². The van der Waals surface area contributed by atoms with Crippen LogP contribution in [0.25, 0.3) is 0 Å². The van der Waals surface area contributed by atoms with E-state index in [4.69, 9.17) is 0 Å². The molecule has 4 heteroatoms. The Labute approximate surface area is 138 Å². The molecule has 1 unspecified atom stereocenters. The normalized spacial score (nSPS) is 36.7. The zero-order chi connectivity index (χ0) is 16.2. The molecule has 1 atom stereocenters. The lowest BCUT2D eigenvalue weighted by molar-refractivity contribution is 0.0539. The minimum Gasteiger partial charge on any atom is -0.211 e. The van der Waals surface area contributed by atoms with Gasteiger partial charge in [0.05, 0.1) is 0 Å². The molecule has 0 N–H and O–H groups in total. The molecule has 4 nitrogen and oxygen atoms in total. The molecule has 3 fully saturated rings. The molecule has 0 aromatic rings. The van der Waals surface area contributed by atoms with Gasteiger partial charge in [-0.1, -0.05) is 38.5 Å². The Morgan fingerprint density at radius 3 is 1.83 bits per heavy atom. The standard InChI is InChI=1S/C19H28N2O2/c22-15-20-19(21-16-23)11-7-6-10-18(19)13-12-17(14-18)8-4-2-1-3-5-9-17/h1-14H2. The quantitative estimate of drug-likeness (QED) is 0.541. The van der Waals surface area contributed by atoms with Crippen molar-refractivity contribution in [2.75, 3.05) is 0 Å². The molecule has 0 bridgehead atoms. The van der Waals surface area contributed by atoms with E-state index >= 15 is 0 Å². The van der Waals surface area contributed by atoms with Crippen LogP contribution in [0.1, 0.15) is 89.9 Å². The van der Waals surface area contributed by atoms with Crippen molar-refractivity contribution < 1.29 is 9.59 Å². The molecule has 23 heavy (non-hydrogen) atoms. The zero-order valence-corrected chi connectivity index (χ0v) is 14.1. The summed E-state index contributed by atoms with van der Waals surface area (Å²) < 4.78 is 0. The van der Waals surface area contributed by atoms with Gasteiger partial charge >= 0.3 is 0 Å². The monoisotopic (exact) mass is 316 g/mol. The molecular formula is C19H28N2O2. The van der Waals surface area contributed by atoms with Crippen LogP contribution < -0.4 is 0 Å². The van der Waals surface area contributed by atoms with Crippen molar-refractivity contribution in [2.45, 2.75) is 95.6 Å². The fourth-order valence-electron chi connectivity index (χ4n) is 5.86. The van der Waals surface area contributed by atoms with Crippen molar-refractivity contribution in [3.05, 3.63) is 0 Å². The average Bonchev–Trinajstić information content (AvgIpc) is 2.89. The second-order valence-corrected chi connectivity index (χ2v) is 8.15. The van der Waals surface area contributed by atoms with E-state index in [9.17, 15) is 9.59 Å². The minimum atomic E-state index is -0.874. The van der Waals surface area contributed by atoms with Crippen LogP contribution in [0.4, 0.5) is 0 Å². The summed E-state index contributed by atoms with van der Waals surface area (Å²) >= 11 is 0. The summed E-state index contributed by atoms with van der Waals surface area (Å²) in [6.07, 6.45) is 19.9. The molecule has 0 heterocycles. The van der Waals surface area contributed by atoms with E-state index in [-0.39, 0.29) is 5.41 Å². The first-order chi connectivity index (χ1) is 11.2. The first kappa shape index (κ1) is 16.6. The Balaban J connectivity index is 1.92. The van der Waals surface area contributed by atoms with Gasteiger partial charge < -0.3 is 0 Å². The Kier molecular flexibility index (Phi) is 4.85. The third-order valence-corrected chi connectivity index (χ3v) is 7.00. The Morgan fingerprint density at radius 2 is 1.17 bits per heavy atom. The predicted molar refractivity (Wildman–Crippen MR) is 88.5 cm³/mol. The van der Waals surface area contributed by atoms with Gasteiger partial charge in [0.1, 0.15) is 0 Å². The summed E-state index contributed by atoms with van der Waals surface area (Å²) in [5.41, 5.74) is -0.598. The number of isocyanates is 2. The maximum absolute atomic E-state index is 11.1. The SMILES string of the molecule is O=C=NC1(N=C=O)CCCCC12CCC1(CCCCCCC1)C2. The summed E-state index contributed by atoms with van der Waals surface area (Å²) in [6, 6.07) is 0. The summed E-state index contributed by atoms with van der Waals surface area (Å²) in [5.74, 6) is 0. The third kappa shape index (κ3) is 2.95. The number of nitrogens with zero attached hydrogens (tertiary/aromatic N) is 2. The number of hydrogen-bond acceptors (Lipinski definition) is 4. The van der Waals surface area contributed by atoms with Crippen molar-refractivity contribution in [3.8, 4) is 0 Å². The summed E-state index contributed by atoms with van der Waals surface area (Å²) in [6.45, 7) is 0. The maximum atomic E-state index is 11.1. The van der Waals surface area contributed by atoms with E-state index in [1.54, 1.807) is 12.2 Å². The van der Waals surface area contributed by atoms with Gasteiger partial charge in [0.15, 0.2) is 5.66 Å². The van der Waals surface area contributed by atoms with Crippen LogP contribution in [0.5, 0.6) is 0 Å². The fourth-order valence-corrected chi connectivity index (χ4v) is 5.86. The molecule has 0 aliphatic heterocycles. The second kappa shape index (κ2) is 6.71. The third-order valence-electron chi connectivity index (χ3n) is 7.00. The molecule has 3 aliphatic rings. The molecule has 3 rings (SSSR count). The molecule has 0 saturated heterocycles. The fraction of sp³-hybridized carbons (Fsp3) is 0.895. The van der Waals surface area contributed by atoms with Crippen LogP contribution in [0.2, 0.25) is 0 Å². The summed E-state index contributed by atoms with van der Waals surface area (Å²) in [7, 11) is 0. The van der Waals surface area contributed by atoms with E-state index in [1.165, 1.54) is 51.4 Å². The average molecular weight is 316 g/mol. The Hall–Kier alpha value is -1.24. The van der Waals surface area contributed by atoms with Gasteiger partial charge in [0, 0.05) is 5.41 Å². The highest BCUT2D eigenvalue weighted by Gasteiger charge is 2.60. The van der Waals surface area contributed by atoms with Crippen LogP contribution in [0, 0.1) is 10.8 Å². The van der Waals surface area contributed by atoms with E-state index in [1.807, 2.05) is 0 Å². The van der Waals surface area contributed by atoms with Crippen molar-refractivity contribution in [1.82, 2.24) is 0 Å². The molecule has 0 aromatic carbocycles. The molecule has 2 spiro atoms. The maximum Gasteiger partial charge on any atom is 0.237 e. The van der Waals surface area contributed by atoms with Crippen LogP contribution in [-0.4, -0.2) is 17.8 Å². The molecule has 0 amide bonds. The highest BCUT2D eigenvalue weighted by molar-refractivity contribution is 5.41. The predicted octanol–water partition coefficient (Wildman–Crippen LogP) is 4.83. The first-order valence-corrected chi connectivity index (χ1v) is 9.38. The van der Waals surface area contributed by atoms with Gasteiger partial charge in [0.2, 0.25) is 12.2 Å². The summed E-state index contributed by atoms with van der Waals surface area (Å²) in [5, 5.41) is 0. The molecule has 126 valence electrons. The number of rotatable bonds is 2. The highest BCUT2D eigenvalue weighted by Crippen LogP contribution is 2.64. The van der Waals surface area contributed by atoms with Gasteiger partial charge in [-0.2, -0.15) is 9.98 Å². The van der Waals surface area contributed by atoms with Crippen LogP contribution in [-0.2, 0) is 9.59 Å². The zero-order valence-electron chi connectivity index (χ0n) is 14.1. The van der Waals surface area contributed by atoms with E-state index in [0.29, 0.717) is 11.8 Å². The van der Waals surface area contributed by atoms with Crippen molar-refractivity contribution in [2.24, 2.45) is 20.8 Å². The van der Waals surface area contributed by atoms with Crippen molar-refractivity contribution >= 4 is 12.2 Å². The van der Waals surface area contributed by atoms with Crippen LogP contribution >= 0.6 is 0 Å². The topological polar surface area (TPSA) is 58.9 Å². The van der Waals surface area contributed by atoms with Gasteiger partial charge in [-0.05, 0) is 56.8 Å². The van der Waals surface area contributed by atoms with E-state index in [0.717, 1.165) is 32.1 Å². The lowest BCUT2D eigenvalue weighted by atomic mass is 9.62. The van der Waals surface area contributed by atoms with Crippen molar-refractivity contribution in [1.29, 1.82) is 0 Å². The smallest absolute Gasteiger partial charge is 0.211 e. The second-order valence-electron chi connectivity index (χ2n) is 8.15.